The summed E-state index contributed by atoms with van der Waals surface area (Å²) in [6, 6.07) is 6.68. The van der Waals surface area contributed by atoms with Crippen molar-refractivity contribution < 1.29 is 4.74 Å². The van der Waals surface area contributed by atoms with E-state index in [9.17, 15) is 0 Å². The highest BCUT2D eigenvalue weighted by atomic mass is 16.6. The SMILES string of the molecule is Cc1ccc(C)c(N2CCC3OC3C2)c1. The van der Waals surface area contributed by atoms with Crippen LogP contribution in [0.2, 0.25) is 0 Å². The van der Waals surface area contributed by atoms with E-state index in [4.69, 9.17) is 4.74 Å². The molecule has 2 atom stereocenters. The van der Waals surface area contributed by atoms with E-state index >= 15 is 0 Å². The Morgan fingerprint density at radius 1 is 1.27 bits per heavy atom. The molecule has 2 saturated heterocycles. The molecule has 0 aliphatic carbocycles. The molecule has 2 unspecified atom stereocenters. The van der Waals surface area contributed by atoms with Gasteiger partial charge in [0.25, 0.3) is 0 Å². The van der Waals surface area contributed by atoms with Crippen LogP contribution >= 0.6 is 0 Å². The minimum atomic E-state index is 0.513. The van der Waals surface area contributed by atoms with Crippen LogP contribution < -0.4 is 4.90 Å². The number of benzene rings is 1. The van der Waals surface area contributed by atoms with Gasteiger partial charge in [-0.05, 0) is 37.5 Å². The summed E-state index contributed by atoms with van der Waals surface area (Å²) in [7, 11) is 0. The first-order chi connectivity index (χ1) is 7.24. The first-order valence-corrected chi connectivity index (χ1v) is 5.72. The molecule has 2 nitrogen and oxygen atoms in total. The molecule has 15 heavy (non-hydrogen) atoms. The lowest BCUT2D eigenvalue weighted by Gasteiger charge is -2.28. The summed E-state index contributed by atoms with van der Waals surface area (Å²) in [5.41, 5.74) is 4.11. The first-order valence-electron chi connectivity index (χ1n) is 5.72. The molecule has 1 aromatic carbocycles. The third-order valence-corrected chi connectivity index (χ3v) is 3.48. The van der Waals surface area contributed by atoms with Crippen molar-refractivity contribution in [3.05, 3.63) is 29.3 Å². The van der Waals surface area contributed by atoms with Gasteiger partial charge in [-0.3, -0.25) is 0 Å². The second-order valence-electron chi connectivity index (χ2n) is 4.74. The van der Waals surface area contributed by atoms with Crippen molar-refractivity contribution in [2.24, 2.45) is 0 Å². The van der Waals surface area contributed by atoms with Gasteiger partial charge in [0.1, 0.15) is 6.10 Å². The fraction of sp³-hybridized carbons (Fsp3) is 0.538. The predicted octanol–water partition coefficient (Wildman–Crippen LogP) is 2.28. The Balaban J connectivity index is 1.87. The number of hydrogen-bond donors (Lipinski definition) is 0. The number of fused-ring (bicyclic) bond motifs is 1. The fourth-order valence-electron chi connectivity index (χ4n) is 2.46. The number of epoxide rings is 1. The van der Waals surface area contributed by atoms with E-state index in [-0.39, 0.29) is 0 Å². The van der Waals surface area contributed by atoms with Crippen LogP contribution in [0.5, 0.6) is 0 Å². The zero-order chi connectivity index (χ0) is 10.4. The molecule has 0 spiro atoms. The van der Waals surface area contributed by atoms with Crippen molar-refractivity contribution in [2.75, 3.05) is 18.0 Å². The first kappa shape index (κ1) is 9.22. The lowest BCUT2D eigenvalue weighted by molar-refractivity contribution is 0.379. The lowest BCUT2D eigenvalue weighted by atomic mass is 10.1. The van der Waals surface area contributed by atoms with Crippen molar-refractivity contribution in [1.29, 1.82) is 0 Å². The zero-order valence-electron chi connectivity index (χ0n) is 9.36. The average molecular weight is 203 g/mol. The second-order valence-corrected chi connectivity index (χ2v) is 4.74. The maximum atomic E-state index is 5.56. The van der Waals surface area contributed by atoms with Gasteiger partial charge >= 0.3 is 0 Å². The van der Waals surface area contributed by atoms with E-state index in [2.05, 4.69) is 36.9 Å². The van der Waals surface area contributed by atoms with Gasteiger partial charge in [-0.1, -0.05) is 12.1 Å². The molecule has 2 heterocycles. The van der Waals surface area contributed by atoms with E-state index < -0.39 is 0 Å². The molecule has 80 valence electrons. The Kier molecular flexibility index (Phi) is 1.99. The molecule has 2 aliphatic rings. The normalized spacial score (nSPS) is 28.8. The van der Waals surface area contributed by atoms with Gasteiger partial charge in [-0.25, -0.2) is 0 Å². The average Bonchev–Trinajstić information content (AvgIpc) is 2.99. The van der Waals surface area contributed by atoms with Crippen molar-refractivity contribution in [1.82, 2.24) is 0 Å². The number of piperidine rings is 1. The Bertz CT molecular complexity index is 388. The molecule has 2 aliphatic heterocycles. The molecule has 0 saturated carbocycles. The predicted molar refractivity (Wildman–Crippen MR) is 61.4 cm³/mol. The Morgan fingerprint density at radius 2 is 2.13 bits per heavy atom. The molecule has 0 aromatic heterocycles. The van der Waals surface area contributed by atoms with Crippen molar-refractivity contribution in [3.63, 3.8) is 0 Å². The number of anilines is 1. The van der Waals surface area contributed by atoms with Crippen molar-refractivity contribution in [3.8, 4) is 0 Å². The van der Waals surface area contributed by atoms with Crippen LogP contribution in [0, 0.1) is 13.8 Å². The number of ether oxygens (including phenoxy) is 1. The van der Waals surface area contributed by atoms with Gasteiger partial charge in [-0.2, -0.15) is 0 Å². The number of hydrogen-bond acceptors (Lipinski definition) is 2. The monoisotopic (exact) mass is 203 g/mol. The van der Waals surface area contributed by atoms with E-state index in [1.807, 2.05) is 0 Å². The Morgan fingerprint density at radius 3 is 2.93 bits per heavy atom. The van der Waals surface area contributed by atoms with Crippen LogP contribution in [0.4, 0.5) is 5.69 Å². The van der Waals surface area contributed by atoms with Gasteiger partial charge in [0, 0.05) is 18.8 Å². The minimum absolute atomic E-state index is 0.513. The standard InChI is InChI=1S/C13H17NO/c1-9-3-4-10(2)11(7-9)14-6-5-12-13(8-14)15-12/h3-4,7,12-13H,5-6,8H2,1-2H3. The molecular weight excluding hydrogens is 186 g/mol. The Hall–Kier alpha value is -1.02. The van der Waals surface area contributed by atoms with Crippen LogP contribution in [-0.4, -0.2) is 25.3 Å². The maximum absolute atomic E-state index is 5.56. The number of nitrogens with zero attached hydrogens (tertiary/aromatic N) is 1. The van der Waals surface area contributed by atoms with E-state index in [1.54, 1.807) is 0 Å². The highest BCUT2D eigenvalue weighted by Gasteiger charge is 2.43. The number of aryl methyl sites for hydroxylation is 2. The van der Waals surface area contributed by atoms with E-state index in [1.165, 1.54) is 23.2 Å². The third-order valence-electron chi connectivity index (χ3n) is 3.48. The summed E-state index contributed by atoms with van der Waals surface area (Å²) in [5, 5.41) is 0. The topological polar surface area (TPSA) is 15.8 Å². The summed E-state index contributed by atoms with van der Waals surface area (Å²) >= 11 is 0. The van der Waals surface area contributed by atoms with Crippen LogP contribution in [-0.2, 0) is 4.74 Å². The fourth-order valence-corrected chi connectivity index (χ4v) is 2.46. The van der Waals surface area contributed by atoms with E-state index in [0.29, 0.717) is 12.2 Å². The summed E-state index contributed by atoms with van der Waals surface area (Å²) < 4.78 is 5.56. The van der Waals surface area contributed by atoms with Crippen molar-refractivity contribution >= 4 is 5.69 Å². The van der Waals surface area contributed by atoms with Crippen LogP contribution in [0.15, 0.2) is 18.2 Å². The van der Waals surface area contributed by atoms with E-state index in [0.717, 1.165) is 13.1 Å². The molecule has 2 heteroatoms. The molecule has 0 bridgehead atoms. The molecule has 1 aromatic rings. The van der Waals surface area contributed by atoms with Gasteiger partial charge < -0.3 is 9.64 Å². The summed E-state index contributed by atoms with van der Waals surface area (Å²) in [4.78, 5) is 2.47. The van der Waals surface area contributed by atoms with Gasteiger partial charge in [0.05, 0.1) is 6.10 Å². The molecule has 0 amide bonds. The van der Waals surface area contributed by atoms with Gasteiger partial charge in [0.2, 0.25) is 0 Å². The van der Waals surface area contributed by atoms with Crippen molar-refractivity contribution in [2.45, 2.75) is 32.5 Å². The number of rotatable bonds is 1. The molecule has 2 fully saturated rings. The molecule has 0 radical (unpaired) electrons. The Labute approximate surface area is 90.8 Å². The summed E-state index contributed by atoms with van der Waals surface area (Å²) in [6.45, 7) is 6.57. The van der Waals surface area contributed by atoms with Gasteiger partial charge in [0.15, 0.2) is 0 Å². The molecule has 3 rings (SSSR count). The third kappa shape index (κ3) is 1.63. The molecule has 0 N–H and O–H groups in total. The highest BCUT2D eigenvalue weighted by Crippen LogP contribution is 2.34. The zero-order valence-corrected chi connectivity index (χ0v) is 9.36. The van der Waals surface area contributed by atoms with Crippen LogP contribution in [0.25, 0.3) is 0 Å². The maximum Gasteiger partial charge on any atom is 0.102 e. The smallest absolute Gasteiger partial charge is 0.102 e. The summed E-state index contributed by atoms with van der Waals surface area (Å²) in [6.07, 6.45) is 2.28. The second kappa shape index (κ2) is 3.24. The quantitative estimate of drug-likeness (QED) is 0.651. The summed E-state index contributed by atoms with van der Waals surface area (Å²) in [5.74, 6) is 0. The lowest BCUT2D eigenvalue weighted by Crippen LogP contribution is -2.34. The van der Waals surface area contributed by atoms with Crippen LogP contribution in [0.3, 0.4) is 0 Å². The van der Waals surface area contributed by atoms with Crippen LogP contribution in [0.1, 0.15) is 17.5 Å². The highest BCUT2D eigenvalue weighted by molar-refractivity contribution is 5.55. The van der Waals surface area contributed by atoms with Gasteiger partial charge in [-0.15, -0.1) is 0 Å². The largest absolute Gasteiger partial charge is 0.369 e. The minimum Gasteiger partial charge on any atom is -0.369 e. The molecular formula is C13H17NO.